The normalized spacial score (nSPS) is 15.3. The number of carbonyl (C=O) groups is 1. The number of rotatable bonds is 3. The topological polar surface area (TPSA) is 36.1 Å². The zero-order valence-electron chi connectivity index (χ0n) is 10.2. The molecule has 0 saturated carbocycles. The molecule has 1 N–H and O–H groups in total. The summed E-state index contributed by atoms with van der Waals surface area (Å²) in [6.07, 6.45) is 1.88. The van der Waals surface area contributed by atoms with Gasteiger partial charge in [0.05, 0.1) is 5.69 Å². The lowest BCUT2D eigenvalue weighted by molar-refractivity contribution is 0.111. The van der Waals surface area contributed by atoms with Crippen LogP contribution in [0.1, 0.15) is 27.3 Å². The summed E-state index contributed by atoms with van der Waals surface area (Å²) < 4.78 is 0. The Morgan fingerprint density at radius 2 is 2.11 bits per heavy atom. The van der Waals surface area contributed by atoms with Crippen LogP contribution in [0, 0.1) is 0 Å². The molecule has 0 spiro atoms. The quantitative estimate of drug-likeness (QED) is 0.836. The molecule has 1 aromatic carbocycles. The number of carbonyl (C=O) groups excluding carboxylic acids is 1. The van der Waals surface area contributed by atoms with Crippen LogP contribution in [0.3, 0.4) is 0 Å². The van der Waals surface area contributed by atoms with Crippen LogP contribution in [-0.2, 0) is 19.5 Å². The Balaban J connectivity index is 1.73. The van der Waals surface area contributed by atoms with E-state index in [1.165, 1.54) is 16.8 Å². The van der Waals surface area contributed by atoms with Gasteiger partial charge < -0.3 is 4.98 Å². The monoisotopic (exact) mass is 240 g/mol. The number of nitrogens with one attached hydrogen (secondary N) is 1. The molecule has 0 bridgehead atoms. The lowest BCUT2D eigenvalue weighted by atomic mass is 10.1. The molecule has 3 heteroatoms. The third-order valence-electron chi connectivity index (χ3n) is 3.46. The van der Waals surface area contributed by atoms with Gasteiger partial charge in [-0.05, 0) is 17.2 Å². The molecule has 3 nitrogen and oxygen atoms in total. The molecule has 18 heavy (non-hydrogen) atoms. The van der Waals surface area contributed by atoms with Crippen molar-refractivity contribution in [1.29, 1.82) is 0 Å². The van der Waals surface area contributed by atoms with E-state index in [9.17, 15) is 4.79 Å². The zero-order valence-corrected chi connectivity index (χ0v) is 10.2. The van der Waals surface area contributed by atoms with Crippen LogP contribution in [0.25, 0.3) is 0 Å². The van der Waals surface area contributed by atoms with Crippen molar-refractivity contribution in [2.24, 2.45) is 0 Å². The molecular weight excluding hydrogens is 224 g/mol. The van der Waals surface area contributed by atoms with Gasteiger partial charge in [0, 0.05) is 31.7 Å². The van der Waals surface area contributed by atoms with Crippen molar-refractivity contribution in [1.82, 2.24) is 9.88 Å². The molecule has 0 fully saturated rings. The number of hydrogen-bond acceptors (Lipinski definition) is 2. The maximum absolute atomic E-state index is 10.8. The number of aromatic amines is 1. The minimum absolute atomic E-state index is 0.696. The van der Waals surface area contributed by atoms with Crippen molar-refractivity contribution in [3.63, 3.8) is 0 Å². The summed E-state index contributed by atoms with van der Waals surface area (Å²) in [5, 5.41) is 0. The summed E-state index contributed by atoms with van der Waals surface area (Å²) in [5.41, 5.74) is 4.52. The van der Waals surface area contributed by atoms with Crippen molar-refractivity contribution >= 4 is 6.29 Å². The minimum atomic E-state index is 0.696. The summed E-state index contributed by atoms with van der Waals surface area (Å²) in [5.74, 6) is 0. The van der Waals surface area contributed by atoms with Crippen molar-refractivity contribution in [3.8, 4) is 0 Å². The third-order valence-corrected chi connectivity index (χ3v) is 3.46. The van der Waals surface area contributed by atoms with Crippen molar-refractivity contribution < 1.29 is 4.79 Å². The summed E-state index contributed by atoms with van der Waals surface area (Å²) in [6, 6.07) is 12.5. The van der Waals surface area contributed by atoms with E-state index in [-0.39, 0.29) is 0 Å². The highest BCUT2D eigenvalue weighted by atomic mass is 16.1. The van der Waals surface area contributed by atoms with Crippen molar-refractivity contribution in [2.75, 3.05) is 6.54 Å². The van der Waals surface area contributed by atoms with Gasteiger partial charge >= 0.3 is 0 Å². The Bertz CT molecular complexity index is 545. The molecule has 0 atom stereocenters. The number of benzene rings is 1. The van der Waals surface area contributed by atoms with E-state index >= 15 is 0 Å². The van der Waals surface area contributed by atoms with Gasteiger partial charge in [-0.1, -0.05) is 30.3 Å². The van der Waals surface area contributed by atoms with Gasteiger partial charge in [-0.25, -0.2) is 0 Å². The second-order valence-corrected chi connectivity index (χ2v) is 4.79. The zero-order chi connectivity index (χ0) is 12.4. The van der Waals surface area contributed by atoms with Gasteiger partial charge in [0.15, 0.2) is 6.29 Å². The van der Waals surface area contributed by atoms with E-state index in [0.29, 0.717) is 5.69 Å². The maximum atomic E-state index is 10.8. The Hall–Kier alpha value is -1.87. The van der Waals surface area contributed by atoms with Gasteiger partial charge in [-0.15, -0.1) is 0 Å². The average molecular weight is 240 g/mol. The number of hydrogen-bond donors (Lipinski definition) is 1. The Morgan fingerprint density at radius 3 is 2.89 bits per heavy atom. The molecule has 0 unspecified atom stereocenters. The van der Waals surface area contributed by atoms with Crippen molar-refractivity contribution in [3.05, 3.63) is 58.9 Å². The van der Waals surface area contributed by atoms with Crippen LogP contribution in [0.4, 0.5) is 0 Å². The highest BCUT2D eigenvalue weighted by molar-refractivity contribution is 5.72. The molecular formula is C15H16N2O. The first-order valence-corrected chi connectivity index (χ1v) is 6.27. The van der Waals surface area contributed by atoms with Crippen LogP contribution >= 0.6 is 0 Å². The van der Waals surface area contributed by atoms with E-state index in [0.717, 1.165) is 32.3 Å². The minimum Gasteiger partial charge on any atom is -0.356 e. The SMILES string of the molecule is O=Cc1cc2c([nH]1)CCN(Cc1ccccc1)C2. The van der Waals surface area contributed by atoms with Crippen LogP contribution in [0.2, 0.25) is 0 Å². The fourth-order valence-electron chi connectivity index (χ4n) is 2.56. The largest absolute Gasteiger partial charge is 0.356 e. The first-order chi connectivity index (χ1) is 8.85. The smallest absolute Gasteiger partial charge is 0.166 e. The molecule has 1 aromatic heterocycles. The molecule has 0 saturated heterocycles. The highest BCUT2D eigenvalue weighted by Gasteiger charge is 2.18. The fraction of sp³-hybridized carbons (Fsp3) is 0.267. The molecule has 3 rings (SSSR count). The van der Waals surface area contributed by atoms with Gasteiger partial charge in [0.2, 0.25) is 0 Å². The summed E-state index contributed by atoms with van der Waals surface area (Å²) >= 11 is 0. The molecule has 0 radical (unpaired) electrons. The second-order valence-electron chi connectivity index (χ2n) is 4.79. The lowest BCUT2D eigenvalue weighted by Gasteiger charge is -2.26. The standard InChI is InChI=1S/C15H16N2O/c18-11-14-8-13-10-17(7-6-15(13)16-14)9-12-4-2-1-3-5-12/h1-5,8,11,16H,6-7,9-10H2. The van der Waals surface area contributed by atoms with E-state index in [2.05, 4.69) is 34.1 Å². The third kappa shape index (κ3) is 2.22. The first-order valence-electron chi connectivity index (χ1n) is 6.27. The van der Waals surface area contributed by atoms with E-state index < -0.39 is 0 Å². The van der Waals surface area contributed by atoms with Crippen molar-refractivity contribution in [2.45, 2.75) is 19.5 Å². The van der Waals surface area contributed by atoms with Crippen LogP contribution < -0.4 is 0 Å². The number of nitrogens with zero attached hydrogens (tertiary/aromatic N) is 1. The van der Waals surface area contributed by atoms with E-state index in [1.807, 2.05) is 12.1 Å². The van der Waals surface area contributed by atoms with Gasteiger partial charge in [0.1, 0.15) is 0 Å². The summed E-state index contributed by atoms with van der Waals surface area (Å²) in [6.45, 7) is 2.94. The number of aromatic nitrogens is 1. The molecule has 92 valence electrons. The number of fused-ring (bicyclic) bond motifs is 1. The Morgan fingerprint density at radius 1 is 1.28 bits per heavy atom. The maximum Gasteiger partial charge on any atom is 0.166 e. The highest BCUT2D eigenvalue weighted by Crippen LogP contribution is 2.20. The van der Waals surface area contributed by atoms with E-state index in [1.54, 1.807) is 0 Å². The van der Waals surface area contributed by atoms with E-state index in [4.69, 9.17) is 0 Å². The van der Waals surface area contributed by atoms with Crippen LogP contribution in [0.5, 0.6) is 0 Å². The fourth-order valence-corrected chi connectivity index (χ4v) is 2.56. The average Bonchev–Trinajstić information content (AvgIpc) is 2.82. The second kappa shape index (κ2) is 4.78. The lowest BCUT2D eigenvalue weighted by Crippen LogP contribution is -2.29. The Labute approximate surface area is 106 Å². The van der Waals surface area contributed by atoms with Crippen LogP contribution in [-0.4, -0.2) is 22.7 Å². The van der Waals surface area contributed by atoms with Gasteiger partial charge in [0.25, 0.3) is 0 Å². The molecule has 2 heterocycles. The predicted molar refractivity (Wildman–Crippen MR) is 70.4 cm³/mol. The van der Waals surface area contributed by atoms with Crippen LogP contribution in [0.15, 0.2) is 36.4 Å². The van der Waals surface area contributed by atoms with Gasteiger partial charge in [-0.3, -0.25) is 9.69 Å². The molecule has 1 aliphatic rings. The summed E-state index contributed by atoms with van der Waals surface area (Å²) in [4.78, 5) is 16.3. The molecule has 2 aromatic rings. The number of H-pyrrole nitrogens is 1. The Kier molecular flexibility index (Phi) is 2.99. The molecule has 0 amide bonds. The molecule has 1 aliphatic heterocycles. The number of aldehydes is 1. The summed E-state index contributed by atoms with van der Waals surface area (Å²) in [7, 11) is 0. The molecule has 0 aliphatic carbocycles. The van der Waals surface area contributed by atoms with Gasteiger partial charge in [-0.2, -0.15) is 0 Å². The first kappa shape index (κ1) is 11.2. The predicted octanol–water partition coefficient (Wildman–Crippen LogP) is 2.39.